The summed E-state index contributed by atoms with van der Waals surface area (Å²) >= 11 is 0. The van der Waals surface area contributed by atoms with Crippen molar-refractivity contribution in [1.29, 1.82) is 0 Å². The van der Waals surface area contributed by atoms with E-state index in [1.807, 2.05) is 0 Å². The molecule has 0 aliphatic carbocycles. The number of aliphatic carboxylic acids is 1. The largest absolute Gasteiger partial charge is 0.479 e. The molecule has 0 saturated heterocycles. The van der Waals surface area contributed by atoms with Gasteiger partial charge in [0.15, 0.2) is 11.9 Å². The number of Topliss-reactive ketones (excluding diaryl/α,β-unsaturated/α-hetero) is 1. The fraction of sp³-hybridized carbons (Fsp3) is 0.667. The number of aliphatic hydroxyl groups is 4. The van der Waals surface area contributed by atoms with Crippen molar-refractivity contribution in [2.75, 3.05) is 6.61 Å². The molecule has 5 N–H and O–H groups in total. The zero-order valence-corrected chi connectivity index (χ0v) is 6.49. The van der Waals surface area contributed by atoms with Crippen LogP contribution in [0.5, 0.6) is 0 Å². The Morgan fingerprint density at radius 3 is 1.85 bits per heavy atom. The molecule has 0 unspecified atom stereocenters. The number of carboxylic acids is 1. The van der Waals surface area contributed by atoms with E-state index in [0.717, 1.165) is 0 Å². The molecule has 0 aromatic rings. The van der Waals surface area contributed by atoms with Gasteiger partial charge in [0.25, 0.3) is 0 Å². The number of hydrogen-bond donors (Lipinski definition) is 5. The van der Waals surface area contributed by atoms with E-state index in [1.54, 1.807) is 0 Å². The summed E-state index contributed by atoms with van der Waals surface area (Å²) < 4.78 is 0. The second-order valence-corrected chi connectivity index (χ2v) is 2.34. The summed E-state index contributed by atoms with van der Waals surface area (Å²) in [6, 6.07) is 0. The molecule has 0 radical (unpaired) electrons. The van der Waals surface area contributed by atoms with E-state index in [0.29, 0.717) is 0 Å². The summed E-state index contributed by atoms with van der Waals surface area (Å²) in [6.45, 7) is -1.04. The monoisotopic (exact) mass is 194 g/mol. The Bertz CT molecular complexity index is 201. The summed E-state index contributed by atoms with van der Waals surface area (Å²) in [5, 5.41) is 42.7. The van der Waals surface area contributed by atoms with Crippen LogP contribution in [0.4, 0.5) is 0 Å². The predicted molar refractivity (Wildman–Crippen MR) is 37.7 cm³/mol. The first-order valence-corrected chi connectivity index (χ1v) is 3.32. The second kappa shape index (κ2) is 4.87. The average Bonchev–Trinajstić information content (AvgIpc) is 2.12. The normalized spacial score (nSPS) is 17.5. The van der Waals surface area contributed by atoms with Crippen molar-refractivity contribution >= 4 is 11.8 Å². The number of rotatable bonds is 5. The molecule has 7 nitrogen and oxygen atoms in total. The lowest BCUT2D eigenvalue weighted by Crippen LogP contribution is -2.46. The molecule has 0 saturated carbocycles. The van der Waals surface area contributed by atoms with Crippen molar-refractivity contribution in [3.63, 3.8) is 0 Å². The molecule has 0 heterocycles. The molecule has 0 bridgehead atoms. The smallest absolute Gasteiger partial charge is 0.335 e. The van der Waals surface area contributed by atoms with Crippen LogP contribution in [0.25, 0.3) is 0 Å². The van der Waals surface area contributed by atoms with Gasteiger partial charge in [-0.1, -0.05) is 0 Å². The van der Waals surface area contributed by atoms with Gasteiger partial charge in [-0.2, -0.15) is 0 Å². The lowest BCUT2D eigenvalue weighted by atomic mass is 10.1. The molecule has 3 atom stereocenters. The highest BCUT2D eigenvalue weighted by Gasteiger charge is 2.33. The molecule has 7 heteroatoms. The lowest BCUT2D eigenvalue weighted by Gasteiger charge is -2.17. The molecule has 0 spiro atoms. The highest BCUT2D eigenvalue weighted by Crippen LogP contribution is 2.01. The van der Waals surface area contributed by atoms with Crippen LogP contribution in [0.3, 0.4) is 0 Å². The van der Waals surface area contributed by atoms with Gasteiger partial charge in [-0.3, -0.25) is 4.79 Å². The molecule has 76 valence electrons. The third-order valence-corrected chi connectivity index (χ3v) is 1.39. The minimum atomic E-state index is -2.26. The molecule has 0 aliphatic rings. The number of aliphatic hydroxyl groups excluding tert-OH is 4. The topological polar surface area (TPSA) is 135 Å². The van der Waals surface area contributed by atoms with Gasteiger partial charge >= 0.3 is 5.97 Å². The Labute approximate surface area is 72.9 Å². The van der Waals surface area contributed by atoms with Crippen molar-refractivity contribution in [2.45, 2.75) is 18.3 Å². The first-order chi connectivity index (χ1) is 5.91. The Morgan fingerprint density at radius 1 is 1.08 bits per heavy atom. The Kier molecular flexibility index (Phi) is 4.49. The molecular formula is C6H10O7. The van der Waals surface area contributed by atoms with E-state index in [-0.39, 0.29) is 0 Å². The standard InChI is InChI=1S/C6H10O7/c7-1-2(8)3(9)4(10)5(11)6(12)13/h3-5,7,9-11H,1H2,(H,12,13)/t3-,4-,5+/m0/s1. The van der Waals surface area contributed by atoms with Gasteiger partial charge in [-0.05, 0) is 0 Å². The van der Waals surface area contributed by atoms with Gasteiger partial charge in [-0.25, -0.2) is 4.79 Å². The number of ketones is 1. The fourth-order valence-corrected chi connectivity index (χ4v) is 0.603. The minimum absolute atomic E-state index is 1.04. The van der Waals surface area contributed by atoms with Gasteiger partial charge in [-0.15, -0.1) is 0 Å². The lowest BCUT2D eigenvalue weighted by molar-refractivity contribution is -0.161. The minimum Gasteiger partial charge on any atom is -0.479 e. The Morgan fingerprint density at radius 2 is 1.54 bits per heavy atom. The van der Waals surface area contributed by atoms with Crippen LogP contribution in [0, 0.1) is 0 Å². The van der Waals surface area contributed by atoms with Gasteiger partial charge in [0.2, 0.25) is 0 Å². The zero-order chi connectivity index (χ0) is 10.6. The van der Waals surface area contributed by atoms with Crippen LogP contribution in [0.15, 0.2) is 0 Å². The molecule has 0 aromatic carbocycles. The van der Waals surface area contributed by atoms with Gasteiger partial charge in [0.1, 0.15) is 18.8 Å². The summed E-state index contributed by atoms with van der Waals surface area (Å²) in [7, 11) is 0. The maximum absolute atomic E-state index is 10.5. The fourth-order valence-electron chi connectivity index (χ4n) is 0.603. The third kappa shape index (κ3) is 3.07. The molecule has 0 aromatic heterocycles. The number of carbonyl (C=O) groups is 2. The Hall–Kier alpha value is -1.02. The van der Waals surface area contributed by atoms with Crippen molar-refractivity contribution < 1.29 is 35.1 Å². The maximum Gasteiger partial charge on any atom is 0.335 e. The highest BCUT2D eigenvalue weighted by atomic mass is 16.4. The van der Waals surface area contributed by atoms with E-state index in [1.165, 1.54) is 0 Å². The van der Waals surface area contributed by atoms with Crippen LogP contribution in [0.2, 0.25) is 0 Å². The van der Waals surface area contributed by atoms with Crippen LogP contribution in [-0.4, -0.2) is 62.2 Å². The van der Waals surface area contributed by atoms with Crippen LogP contribution >= 0.6 is 0 Å². The molecule has 0 amide bonds. The van der Waals surface area contributed by atoms with E-state index < -0.39 is 36.7 Å². The van der Waals surface area contributed by atoms with Crippen molar-refractivity contribution in [3.8, 4) is 0 Å². The average molecular weight is 194 g/mol. The van der Waals surface area contributed by atoms with Crippen molar-refractivity contribution in [1.82, 2.24) is 0 Å². The SMILES string of the molecule is O=C(O)[C@H](O)[C@@H](O)[C@@H](O)C(=O)CO. The number of hydrogen-bond acceptors (Lipinski definition) is 6. The quantitative estimate of drug-likeness (QED) is 0.309. The zero-order valence-electron chi connectivity index (χ0n) is 6.49. The van der Waals surface area contributed by atoms with Gasteiger partial charge in [0, 0.05) is 0 Å². The molecule has 0 rings (SSSR count). The van der Waals surface area contributed by atoms with Crippen LogP contribution in [0.1, 0.15) is 0 Å². The van der Waals surface area contributed by atoms with E-state index in [9.17, 15) is 9.59 Å². The first-order valence-electron chi connectivity index (χ1n) is 3.32. The third-order valence-electron chi connectivity index (χ3n) is 1.39. The first kappa shape index (κ1) is 12.0. The molecular weight excluding hydrogens is 184 g/mol. The van der Waals surface area contributed by atoms with Crippen molar-refractivity contribution in [3.05, 3.63) is 0 Å². The second-order valence-electron chi connectivity index (χ2n) is 2.34. The maximum atomic E-state index is 10.5. The summed E-state index contributed by atoms with van der Waals surface area (Å²) in [4.78, 5) is 20.6. The highest BCUT2D eigenvalue weighted by molar-refractivity contribution is 5.85. The van der Waals surface area contributed by atoms with E-state index in [2.05, 4.69) is 0 Å². The predicted octanol–water partition coefficient (Wildman–Crippen LogP) is -3.28. The van der Waals surface area contributed by atoms with E-state index >= 15 is 0 Å². The van der Waals surface area contributed by atoms with E-state index in [4.69, 9.17) is 25.5 Å². The molecule has 0 fully saturated rings. The summed E-state index contributed by atoms with van der Waals surface area (Å²) in [5.74, 6) is -2.93. The Balaban J connectivity index is 4.32. The number of carboxylic acid groups (broad SMARTS) is 1. The van der Waals surface area contributed by atoms with Gasteiger partial charge in [0.05, 0.1) is 0 Å². The van der Waals surface area contributed by atoms with Gasteiger partial charge < -0.3 is 25.5 Å². The van der Waals surface area contributed by atoms with Crippen molar-refractivity contribution in [2.24, 2.45) is 0 Å². The van der Waals surface area contributed by atoms with Crippen LogP contribution < -0.4 is 0 Å². The summed E-state index contributed by atoms with van der Waals surface area (Å²) in [6.07, 6.45) is -6.50. The van der Waals surface area contributed by atoms with Crippen LogP contribution in [-0.2, 0) is 9.59 Å². The molecule has 0 aliphatic heterocycles. The number of carbonyl (C=O) groups excluding carboxylic acids is 1. The summed E-state index contributed by atoms with van der Waals surface area (Å²) in [5.41, 5.74) is 0. The molecule has 13 heavy (non-hydrogen) atoms.